The molecular weight excluding hydrogens is 404 g/mol. The van der Waals surface area contributed by atoms with E-state index in [0.717, 1.165) is 5.56 Å². The quantitative estimate of drug-likeness (QED) is 0.325. The molecule has 30 heavy (non-hydrogen) atoms. The molecule has 0 aliphatic heterocycles. The number of methoxy groups -OCH3 is 3. The molecule has 0 bridgehead atoms. The third-order valence-corrected chi connectivity index (χ3v) is 4.56. The first-order valence-electron chi connectivity index (χ1n) is 9.10. The average Bonchev–Trinajstić information content (AvgIpc) is 2.78. The zero-order chi connectivity index (χ0) is 21.5. The fourth-order valence-corrected chi connectivity index (χ4v) is 2.90. The summed E-state index contributed by atoms with van der Waals surface area (Å²) < 4.78 is 21.6. The largest absolute Gasteiger partial charge is 0.493 e. The summed E-state index contributed by atoms with van der Waals surface area (Å²) in [5.74, 6) is 2.49. The van der Waals surface area contributed by atoms with E-state index in [4.69, 9.17) is 30.5 Å². The Morgan fingerprint density at radius 3 is 1.83 bits per heavy atom. The second-order valence-electron chi connectivity index (χ2n) is 6.24. The van der Waals surface area contributed by atoms with Crippen molar-refractivity contribution in [2.45, 2.75) is 0 Å². The zero-order valence-corrected chi connectivity index (χ0v) is 17.6. The molecular formula is C24H21ClO5. The minimum Gasteiger partial charge on any atom is -0.493 e. The summed E-state index contributed by atoms with van der Waals surface area (Å²) in [4.78, 5) is 12.6. The second-order valence-corrected chi connectivity index (χ2v) is 6.67. The molecule has 6 heteroatoms. The molecule has 0 spiro atoms. The number of halogens is 1. The minimum atomic E-state index is -0.184. The third kappa shape index (κ3) is 5.13. The van der Waals surface area contributed by atoms with E-state index in [9.17, 15) is 4.79 Å². The Hall–Kier alpha value is -3.44. The smallest absolute Gasteiger partial charge is 0.203 e. The monoisotopic (exact) mass is 424 g/mol. The lowest BCUT2D eigenvalue weighted by molar-refractivity contribution is 0.104. The molecule has 3 aromatic rings. The highest BCUT2D eigenvalue weighted by molar-refractivity contribution is 6.30. The lowest BCUT2D eigenvalue weighted by Crippen LogP contribution is -2.00. The van der Waals surface area contributed by atoms with Crippen LogP contribution in [0.25, 0.3) is 6.08 Å². The first-order chi connectivity index (χ1) is 14.5. The molecule has 0 aliphatic carbocycles. The molecule has 5 nitrogen and oxygen atoms in total. The average molecular weight is 425 g/mol. The number of hydrogen-bond donors (Lipinski definition) is 0. The molecule has 0 radical (unpaired) electrons. The number of rotatable bonds is 8. The Balaban J connectivity index is 1.72. The number of hydrogen-bond acceptors (Lipinski definition) is 5. The fourth-order valence-electron chi connectivity index (χ4n) is 2.78. The van der Waals surface area contributed by atoms with Crippen LogP contribution in [0.1, 0.15) is 15.9 Å². The second kappa shape index (κ2) is 9.85. The Bertz CT molecular complexity index is 1020. The Morgan fingerprint density at radius 2 is 1.33 bits per heavy atom. The van der Waals surface area contributed by atoms with Crippen LogP contribution in [0.5, 0.6) is 28.7 Å². The van der Waals surface area contributed by atoms with Gasteiger partial charge in [-0.25, -0.2) is 0 Å². The molecule has 0 N–H and O–H groups in total. The van der Waals surface area contributed by atoms with Gasteiger partial charge in [0.05, 0.1) is 21.3 Å². The minimum absolute atomic E-state index is 0.184. The van der Waals surface area contributed by atoms with Gasteiger partial charge in [-0.3, -0.25) is 4.79 Å². The van der Waals surface area contributed by atoms with Gasteiger partial charge < -0.3 is 18.9 Å². The van der Waals surface area contributed by atoms with Gasteiger partial charge in [0.1, 0.15) is 11.5 Å². The maximum atomic E-state index is 12.6. The van der Waals surface area contributed by atoms with Gasteiger partial charge in [-0.2, -0.15) is 0 Å². The van der Waals surface area contributed by atoms with Crippen LogP contribution in [-0.4, -0.2) is 27.1 Å². The van der Waals surface area contributed by atoms with Crippen molar-refractivity contribution in [2.75, 3.05) is 21.3 Å². The van der Waals surface area contributed by atoms with Crippen LogP contribution < -0.4 is 18.9 Å². The Kier molecular flexibility index (Phi) is 6.99. The summed E-state index contributed by atoms with van der Waals surface area (Å²) in [6.07, 6.45) is 3.23. The van der Waals surface area contributed by atoms with Crippen LogP contribution in [-0.2, 0) is 0 Å². The summed E-state index contributed by atoms with van der Waals surface area (Å²) in [6.45, 7) is 0. The maximum Gasteiger partial charge on any atom is 0.203 e. The molecule has 0 unspecified atom stereocenters. The molecule has 3 rings (SSSR count). The van der Waals surface area contributed by atoms with Gasteiger partial charge in [0.15, 0.2) is 17.3 Å². The normalized spacial score (nSPS) is 10.7. The number of ketones is 1. The predicted molar refractivity (Wildman–Crippen MR) is 117 cm³/mol. The summed E-state index contributed by atoms with van der Waals surface area (Å²) in [5, 5.41) is 0.652. The van der Waals surface area contributed by atoms with E-state index in [1.807, 2.05) is 24.3 Å². The number of ether oxygens (including phenoxy) is 4. The highest BCUT2D eigenvalue weighted by Crippen LogP contribution is 2.38. The van der Waals surface area contributed by atoms with Crippen LogP contribution in [0.3, 0.4) is 0 Å². The van der Waals surface area contributed by atoms with Crippen molar-refractivity contribution in [2.24, 2.45) is 0 Å². The van der Waals surface area contributed by atoms with Gasteiger partial charge in [0.25, 0.3) is 0 Å². The number of allylic oxidation sites excluding steroid dienone is 1. The SMILES string of the molecule is COc1cc(C(=O)/C=C/c2ccc(Oc3ccc(Cl)cc3)cc2)cc(OC)c1OC. The van der Waals surface area contributed by atoms with Crippen molar-refractivity contribution in [1.82, 2.24) is 0 Å². The summed E-state index contributed by atoms with van der Waals surface area (Å²) in [5.41, 5.74) is 1.29. The molecule has 0 amide bonds. The van der Waals surface area contributed by atoms with Crippen molar-refractivity contribution in [3.63, 3.8) is 0 Å². The van der Waals surface area contributed by atoms with Gasteiger partial charge in [0, 0.05) is 10.6 Å². The molecule has 0 saturated heterocycles. The highest BCUT2D eigenvalue weighted by atomic mass is 35.5. The number of carbonyl (C=O) groups is 1. The first kappa shape index (κ1) is 21.3. The van der Waals surface area contributed by atoms with Crippen molar-refractivity contribution in [3.8, 4) is 28.7 Å². The molecule has 0 saturated carbocycles. The molecule has 0 aliphatic rings. The van der Waals surface area contributed by atoms with E-state index >= 15 is 0 Å². The van der Waals surface area contributed by atoms with E-state index in [0.29, 0.717) is 39.3 Å². The predicted octanol–water partition coefficient (Wildman–Crippen LogP) is 6.05. The lowest BCUT2D eigenvalue weighted by Gasteiger charge is -2.13. The van der Waals surface area contributed by atoms with Gasteiger partial charge >= 0.3 is 0 Å². The first-order valence-corrected chi connectivity index (χ1v) is 9.47. The standard InChI is InChI=1S/C24H21ClO5/c1-27-22-14-17(15-23(28-2)24(22)29-3)21(26)13-6-16-4-9-19(10-5-16)30-20-11-7-18(25)8-12-20/h4-15H,1-3H3/b13-6+. The van der Waals surface area contributed by atoms with Crippen molar-refractivity contribution < 1.29 is 23.7 Å². The number of carbonyl (C=O) groups excluding carboxylic acids is 1. The van der Waals surface area contributed by atoms with Crippen LogP contribution >= 0.6 is 11.6 Å². The summed E-state index contributed by atoms with van der Waals surface area (Å²) >= 11 is 5.88. The Labute approximate surface area is 180 Å². The molecule has 0 heterocycles. The zero-order valence-electron chi connectivity index (χ0n) is 16.8. The summed E-state index contributed by atoms with van der Waals surface area (Å²) in [6, 6.07) is 17.8. The molecule has 0 atom stereocenters. The maximum absolute atomic E-state index is 12.6. The van der Waals surface area contributed by atoms with Gasteiger partial charge in [-0.1, -0.05) is 29.8 Å². The van der Waals surface area contributed by atoms with Crippen LogP contribution in [0.2, 0.25) is 5.02 Å². The van der Waals surface area contributed by atoms with Crippen LogP contribution in [0.15, 0.2) is 66.7 Å². The van der Waals surface area contributed by atoms with E-state index in [1.165, 1.54) is 27.4 Å². The highest BCUT2D eigenvalue weighted by Gasteiger charge is 2.15. The van der Waals surface area contributed by atoms with E-state index in [-0.39, 0.29) is 5.78 Å². The molecule has 0 aromatic heterocycles. The van der Waals surface area contributed by atoms with E-state index < -0.39 is 0 Å². The molecule has 3 aromatic carbocycles. The van der Waals surface area contributed by atoms with Crippen molar-refractivity contribution in [1.29, 1.82) is 0 Å². The van der Waals surface area contributed by atoms with E-state index in [1.54, 1.807) is 42.5 Å². The lowest BCUT2D eigenvalue weighted by atomic mass is 10.1. The van der Waals surface area contributed by atoms with Gasteiger partial charge in [-0.05, 0) is 60.2 Å². The topological polar surface area (TPSA) is 54.0 Å². The van der Waals surface area contributed by atoms with E-state index in [2.05, 4.69) is 0 Å². The Morgan fingerprint density at radius 1 is 0.800 bits per heavy atom. The fraction of sp³-hybridized carbons (Fsp3) is 0.125. The molecule has 0 fully saturated rings. The van der Waals surface area contributed by atoms with Crippen LogP contribution in [0.4, 0.5) is 0 Å². The van der Waals surface area contributed by atoms with Crippen LogP contribution in [0, 0.1) is 0 Å². The van der Waals surface area contributed by atoms with Crippen molar-refractivity contribution in [3.05, 3.63) is 82.9 Å². The third-order valence-electron chi connectivity index (χ3n) is 4.31. The van der Waals surface area contributed by atoms with Crippen molar-refractivity contribution >= 4 is 23.5 Å². The number of benzene rings is 3. The molecule has 154 valence electrons. The van der Waals surface area contributed by atoms with Gasteiger partial charge in [-0.15, -0.1) is 0 Å². The van der Waals surface area contributed by atoms with Gasteiger partial charge in [0.2, 0.25) is 5.75 Å². The summed E-state index contributed by atoms with van der Waals surface area (Å²) in [7, 11) is 4.53.